The van der Waals surface area contributed by atoms with Gasteiger partial charge in [0.05, 0.1) is 13.2 Å². The molecule has 1 aliphatic heterocycles. The molecule has 0 spiro atoms. The maximum absolute atomic E-state index is 14.7. The van der Waals surface area contributed by atoms with E-state index in [1.54, 1.807) is 49.5 Å². The van der Waals surface area contributed by atoms with Crippen molar-refractivity contribution < 1.29 is 56.3 Å². The second-order valence-corrected chi connectivity index (χ2v) is 12.9. The van der Waals surface area contributed by atoms with Crippen molar-refractivity contribution in [2.45, 2.75) is 64.3 Å². The summed E-state index contributed by atoms with van der Waals surface area (Å²) in [5, 5.41) is 16.0. The summed E-state index contributed by atoms with van der Waals surface area (Å²) < 4.78 is 38.1. The van der Waals surface area contributed by atoms with Gasteiger partial charge in [0.25, 0.3) is 11.8 Å². The molecule has 2 heterocycles. The van der Waals surface area contributed by atoms with Crippen LogP contribution in [-0.4, -0.2) is 89.3 Å². The molecule has 4 N–H and O–H groups in total. The number of amides is 5. The zero-order valence-corrected chi connectivity index (χ0v) is 29.2. The molecule has 1 aliphatic rings. The minimum absolute atomic E-state index is 0.123. The number of likely N-dealkylation sites (tertiary alicyclic amines) is 1. The van der Waals surface area contributed by atoms with Crippen LogP contribution in [0.5, 0.6) is 0 Å². The Labute approximate surface area is 303 Å². The number of carbonyl (C=O) groups is 6. The van der Waals surface area contributed by atoms with Crippen molar-refractivity contribution in [2.24, 2.45) is 5.92 Å². The molecule has 16 heteroatoms. The molecule has 0 saturated carbocycles. The van der Waals surface area contributed by atoms with Gasteiger partial charge in [-0.3, -0.25) is 24.5 Å². The van der Waals surface area contributed by atoms with Gasteiger partial charge in [0.2, 0.25) is 12.2 Å². The summed E-state index contributed by atoms with van der Waals surface area (Å²) >= 11 is 5.98. The van der Waals surface area contributed by atoms with Gasteiger partial charge in [-0.05, 0) is 47.9 Å². The molecule has 0 aliphatic carbocycles. The van der Waals surface area contributed by atoms with Gasteiger partial charge in [-0.1, -0.05) is 62.2 Å². The number of nitrogens with one attached hydrogen (secondary N) is 3. The molecule has 0 radical (unpaired) electrons. The van der Waals surface area contributed by atoms with Crippen LogP contribution in [-0.2, 0) is 30.5 Å². The fourth-order valence-electron chi connectivity index (χ4n) is 5.78. The van der Waals surface area contributed by atoms with E-state index in [1.165, 1.54) is 6.07 Å². The molecule has 5 amide bonds. The fourth-order valence-corrected chi connectivity index (χ4v) is 5.90. The molecular weight excluding hydrogens is 706 g/mol. The Morgan fingerprint density at radius 2 is 1.69 bits per heavy atom. The van der Waals surface area contributed by atoms with E-state index in [1.807, 2.05) is 30.3 Å². The van der Waals surface area contributed by atoms with Gasteiger partial charge < -0.3 is 24.9 Å². The number of alkyl halides is 2. The first kappa shape index (κ1) is 39.8. The number of Topliss-reactive ketones (excluding diaryl/α,β-unsaturated/α-hetero) is 1. The highest BCUT2D eigenvalue weighted by molar-refractivity contribution is 6.38. The van der Waals surface area contributed by atoms with Crippen LogP contribution in [0.15, 0.2) is 71.1 Å². The highest BCUT2D eigenvalue weighted by Gasteiger charge is 2.55. The lowest BCUT2D eigenvalue weighted by Gasteiger charge is -2.34. The number of aliphatic carboxylic acids is 1. The Hall–Kier alpha value is -4.99. The Bertz CT molecular complexity index is 1760. The molecule has 0 bridgehead atoms. The second-order valence-electron chi connectivity index (χ2n) is 12.5. The van der Waals surface area contributed by atoms with E-state index in [4.69, 9.17) is 25.9 Å². The van der Waals surface area contributed by atoms with Gasteiger partial charge in [-0.25, -0.2) is 18.4 Å². The number of carboxylic acid groups (broad SMARTS) is 1. The van der Waals surface area contributed by atoms with Crippen LogP contribution < -0.4 is 16.0 Å². The average Bonchev–Trinajstić information content (AvgIpc) is 3.80. The molecule has 5 atom stereocenters. The summed E-state index contributed by atoms with van der Waals surface area (Å²) in [6, 6.07) is 14.2. The van der Waals surface area contributed by atoms with E-state index in [9.17, 15) is 37.5 Å². The van der Waals surface area contributed by atoms with Crippen LogP contribution >= 0.6 is 11.6 Å². The van der Waals surface area contributed by atoms with Crippen molar-refractivity contribution in [1.29, 1.82) is 0 Å². The first-order valence-corrected chi connectivity index (χ1v) is 17.0. The molecule has 3 aromatic rings. The molecule has 1 unspecified atom stereocenters. The molecular formula is C36H40ClF2N4O9+. The third-order valence-electron chi connectivity index (χ3n) is 8.86. The number of carboxylic acids is 1. The number of halogens is 3. The number of urea groups is 1. The number of ether oxygens (including phenoxy) is 1. The standard InChI is InChI=1S/C36H39ClF2N4O9/c1-3-21(2)31(42-33(47)28-14-13-27(52-28)23-9-11-24(37)12-10-23)35(49)43(16-15-25(19-43)51-20-22-7-5-4-6-8-22)36(50)41-26(17-29(38)39)32(46)34(48)40-18-30(44)45/h4-14,21,25-26,29,31H,3,15-20H2,1-2H3,(H3-,40,41,42,44,45,47,48,50)/p+1/t21-,25-,26+,31+,43?/m1/s1. The summed E-state index contributed by atoms with van der Waals surface area (Å²) in [4.78, 5) is 78.6. The number of benzene rings is 2. The number of ketones is 1. The van der Waals surface area contributed by atoms with Crippen LogP contribution in [0.1, 0.15) is 49.2 Å². The zero-order chi connectivity index (χ0) is 38.0. The van der Waals surface area contributed by atoms with Crippen LogP contribution in [0.3, 0.4) is 0 Å². The number of hydrogen-bond donors (Lipinski definition) is 4. The van der Waals surface area contributed by atoms with Crippen molar-refractivity contribution in [1.82, 2.24) is 16.0 Å². The summed E-state index contributed by atoms with van der Waals surface area (Å²) in [6.45, 7) is 2.17. The minimum Gasteiger partial charge on any atom is -0.480 e. The maximum Gasteiger partial charge on any atom is 0.424 e. The van der Waals surface area contributed by atoms with Crippen molar-refractivity contribution in [3.8, 4) is 11.3 Å². The lowest BCUT2D eigenvalue weighted by molar-refractivity contribution is -0.763. The largest absolute Gasteiger partial charge is 0.480 e. The first-order valence-electron chi connectivity index (χ1n) is 16.6. The third kappa shape index (κ3) is 10.1. The number of carbonyl (C=O) groups excluding carboxylic acids is 5. The molecule has 1 saturated heterocycles. The fraction of sp³-hybridized carbons (Fsp3) is 0.389. The Morgan fingerprint density at radius 1 is 1.00 bits per heavy atom. The first-order chi connectivity index (χ1) is 24.7. The number of rotatable bonds is 16. The normalized spacial score (nSPS) is 18.6. The van der Waals surface area contributed by atoms with Gasteiger partial charge in [0, 0.05) is 23.4 Å². The highest BCUT2D eigenvalue weighted by Crippen LogP contribution is 2.29. The maximum atomic E-state index is 14.7. The van der Waals surface area contributed by atoms with E-state index in [0.29, 0.717) is 22.8 Å². The summed E-state index contributed by atoms with van der Waals surface area (Å²) in [6.07, 6.45) is -4.59. The van der Waals surface area contributed by atoms with Crippen LogP contribution in [0.2, 0.25) is 5.02 Å². The molecule has 4 rings (SSSR count). The van der Waals surface area contributed by atoms with Gasteiger partial charge in [-0.15, -0.1) is 0 Å². The molecule has 278 valence electrons. The van der Waals surface area contributed by atoms with Crippen molar-refractivity contribution in [2.75, 3.05) is 19.6 Å². The van der Waals surface area contributed by atoms with Gasteiger partial charge in [-0.2, -0.15) is 4.48 Å². The topological polar surface area (TPSA) is 181 Å². The van der Waals surface area contributed by atoms with E-state index in [-0.39, 0.29) is 31.9 Å². The van der Waals surface area contributed by atoms with E-state index in [0.717, 1.165) is 5.56 Å². The SMILES string of the molecule is CC[C@@H](C)[C@H](NC(=O)c1ccc(-c2ccc(Cl)cc2)o1)C(=O)[N+]1(C(=O)N[C@@H](CC(F)F)C(=O)C(=O)NCC(=O)O)CC[C@@H](OCc2ccccc2)C1. The quantitative estimate of drug-likeness (QED) is 0.121. The zero-order valence-electron chi connectivity index (χ0n) is 28.5. The lowest BCUT2D eigenvalue weighted by atomic mass is 9.96. The summed E-state index contributed by atoms with van der Waals surface area (Å²) in [5.41, 5.74) is 1.46. The van der Waals surface area contributed by atoms with Gasteiger partial charge in [0.15, 0.2) is 5.76 Å². The van der Waals surface area contributed by atoms with Crippen molar-refractivity contribution in [3.63, 3.8) is 0 Å². The minimum atomic E-state index is -3.16. The molecule has 1 aromatic heterocycles. The van der Waals surface area contributed by atoms with Gasteiger partial charge >= 0.3 is 17.9 Å². The third-order valence-corrected chi connectivity index (χ3v) is 9.12. The molecule has 2 aromatic carbocycles. The van der Waals surface area contributed by atoms with Crippen LogP contribution in [0.4, 0.5) is 13.6 Å². The molecule has 13 nitrogen and oxygen atoms in total. The Balaban J connectivity index is 1.63. The Morgan fingerprint density at radius 3 is 2.33 bits per heavy atom. The highest BCUT2D eigenvalue weighted by atomic mass is 35.5. The van der Waals surface area contributed by atoms with Crippen molar-refractivity contribution >= 4 is 47.1 Å². The monoisotopic (exact) mass is 745 g/mol. The van der Waals surface area contributed by atoms with E-state index < -0.39 is 83.5 Å². The van der Waals surface area contributed by atoms with Crippen molar-refractivity contribution in [3.05, 3.63) is 83.1 Å². The predicted molar refractivity (Wildman–Crippen MR) is 183 cm³/mol. The predicted octanol–water partition coefficient (Wildman–Crippen LogP) is 4.58. The van der Waals surface area contributed by atoms with Gasteiger partial charge in [0.1, 0.15) is 37.0 Å². The van der Waals surface area contributed by atoms with E-state index >= 15 is 0 Å². The molecule has 1 fully saturated rings. The lowest BCUT2D eigenvalue weighted by Crippen LogP contribution is -2.68. The van der Waals surface area contributed by atoms with E-state index in [2.05, 4.69) is 10.6 Å². The molecule has 52 heavy (non-hydrogen) atoms. The Kier molecular flexibility index (Phi) is 13.8. The smallest absolute Gasteiger partial charge is 0.424 e. The average molecular weight is 746 g/mol. The van der Waals surface area contributed by atoms with Crippen LogP contribution in [0, 0.1) is 5.92 Å². The summed E-state index contributed by atoms with van der Waals surface area (Å²) in [5.74, 6) is -6.37. The van der Waals surface area contributed by atoms with Crippen LogP contribution in [0.25, 0.3) is 11.3 Å². The number of nitrogens with zero attached hydrogens (tertiary/aromatic N) is 1. The number of hydrogen-bond acceptors (Lipinski definition) is 8. The second kappa shape index (κ2) is 18.0. The number of furan rings is 1. The number of quaternary nitrogens is 1. The number of imide groups is 1. The summed E-state index contributed by atoms with van der Waals surface area (Å²) in [7, 11) is 0.